The lowest BCUT2D eigenvalue weighted by molar-refractivity contribution is 0.0739. The van der Waals surface area contributed by atoms with E-state index in [2.05, 4.69) is 50.5 Å². The van der Waals surface area contributed by atoms with Crippen LogP contribution in [0.1, 0.15) is 61.3 Å². The summed E-state index contributed by atoms with van der Waals surface area (Å²) < 4.78 is 2.17. The van der Waals surface area contributed by atoms with E-state index in [1.807, 2.05) is 53.6 Å². The minimum absolute atomic E-state index is 0.0720. The fourth-order valence-electron chi connectivity index (χ4n) is 3.57. The topological polar surface area (TPSA) is 25.2 Å². The highest BCUT2D eigenvalue weighted by Gasteiger charge is 2.19. The molecule has 3 rings (SSSR count). The van der Waals surface area contributed by atoms with Crippen molar-refractivity contribution in [2.75, 3.05) is 6.54 Å². The van der Waals surface area contributed by atoms with E-state index in [1.54, 1.807) is 0 Å². The number of carbonyl (C=O) groups excluding carboxylic acids is 1. The number of benzene rings is 2. The molecule has 0 saturated carbocycles. The molecule has 0 saturated heterocycles. The highest BCUT2D eigenvalue weighted by molar-refractivity contribution is 6.31. The molecule has 3 nitrogen and oxygen atoms in total. The lowest BCUT2D eigenvalue weighted by atomic mass is 9.86. The zero-order valence-electron chi connectivity index (χ0n) is 18.4. The monoisotopic (exact) mass is 422 g/mol. The highest BCUT2D eigenvalue weighted by Crippen LogP contribution is 2.23. The summed E-state index contributed by atoms with van der Waals surface area (Å²) in [6, 6.07) is 20.0. The third-order valence-corrected chi connectivity index (χ3v) is 5.72. The molecule has 0 unspecified atom stereocenters. The van der Waals surface area contributed by atoms with Crippen molar-refractivity contribution in [1.82, 2.24) is 9.47 Å². The first-order chi connectivity index (χ1) is 14.3. The van der Waals surface area contributed by atoms with E-state index >= 15 is 0 Å². The summed E-state index contributed by atoms with van der Waals surface area (Å²) >= 11 is 6.35. The Morgan fingerprint density at radius 2 is 1.70 bits per heavy atom. The van der Waals surface area contributed by atoms with Gasteiger partial charge in [0.15, 0.2) is 0 Å². The van der Waals surface area contributed by atoms with E-state index in [-0.39, 0.29) is 11.3 Å². The Labute approximate surface area is 185 Å². The van der Waals surface area contributed by atoms with E-state index in [0.717, 1.165) is 34.8 Å². The Morgan fingerprint density at radius 1 is 1.00 bits per heavy atom. The van der Waals surface area contributed by atoms with Crippen LogP contribution >= 0.6 is 11.6 Å². The number of carbonyl (C=O) groups is 1. The summed E-state index contributed by atoms with van der Waals surface area (Å²) in [6.07, 6.45) is 2.96. The van der Waals surface area contributed by atoms with Crippen LogP contribution in [-0.2, 0) is 18.5 Å². The van der Waals surface area contributed by atoms with Crippen LogP contribution in [0, 0.1) is 0 Å². The average Bonchev–Trinajstić information content (AvgIpc) is 3.15. The summed E-state index contributed by atoms with van der Waals surface area (Å²) in [5.41, 5.74) is 4.21. The van der Waals surface area contributed by atoms with Crippen LogP contribution in [-0.4, -0.2) is 21.9 Å². The van der Waals surface area contributed by atoms with E-state index in [9.17, 15) is 4.79 Å². The van der Waals surface area contributed by atoms with E-state index < -0.39 is 0 Å². The fraction of sp³-hybridized carbons (Fsp3) is 0.346. The summed E-state index contributed by atoms with van der Waals surface area (Å²) in [6.45, 7) is 10.6. The molecular formula is C26H31ClN2O. The van der Waals surface area contributed by atoms with Crippen LogP contribution in [0.25, 0.3) is 0 Å². The van der Waals surface area contributed by atoms with Crippen LogP contribution in [0.3, 0.4) is 0 Å². The lowest BCUT2D eigenvalue weighted by Gasteiger charge is -2.24. The van der Waals surface area contributed by atoms with Gasteiger partial charge in [0.25, 0.3) is 5.91 Å². The molecule has 1 heterocycles. The molecule has 0 aliphatic rings. The molecule has 0 N–H and O–H groups in total. The first kappa shape index (κ1) is 22.2. The van der Waals surface area contributed by atoms with Crippen LogP contribution in [0.15, 0.2) is 66.9 Å². The van der Waals surface area contributed by atoms with Crippen molar-refractivity contribution in [1.29, 1.82) is 0 Å². The van der Waals surface area contributed by atoms with Crippen molar-refractivity contribution in [3.8, 4) is 0 Å². The fourth-order valence-corrected chi connectivity index (χ4v) is 3.77. The van der Waals surface area contributed by atoms with Gasteiger partial charge < -0.3 is 9.47 Å². The van der Waals surface area contributed by atoms with Crippen molar-refractivity contribution in [3.63, 3.8) is 0 Å². The molecule has 2 aromatic carbocycles. The molecular weight excluding hydrogens is 392 g/mol. The first-order valence-corrected chi connectivity index (χ1v) is 10.9. The van der Waals surface area contributed by atoms with Crippen molar-refractivity contribution in [2.24, 2.45) is 0 Å². The second kappa shape index (κ2) is 9.53. The Hall–Kier alpha value is -2.52. The number of halogens is 1. The third kappa shape index (κ3) is 5.34. The van der Waals surface area contributed by atoms with Crippen molar-refractivity contribution in [3.05, 3.63) is 94.3 Å². The van der Waals surface area contributed by atoms with Crippen LogP contribution in [0.4, 0.5) is 0 Å². The Kier molecular flexibility index (Phi) is 7.04. The Morgan fingerprint density at radius 3 is 2.33 bits per heavy atom. The van der Waals surface area contributed by atoms with Gasteiger partial charge in [-0.25, -0.2) is 0 Å². The smallest absolute Gasteiger partial charge is 0.254 e. The first-order valence-electron chi connectivity index (χ1n) is 10.6. The molecule has 0 bridgehead atoms. The van der Waals surface area contributed by atoms with E-state index in [0.29, 0.717) is 13.1 Å². The Bertz CT molecular complexity index is 983. The van der Waals surface area contributed by atoms with E-state index in [1.165, 1.54) is 5.56 Å². The zero-order chi connectivity index (χ0) is 21.7. The largest absolute Gasteiger partial charge is 0.345 e. The second-order valence-electron chi connectivity index (χ2n) is 8.77. The lowest BCUT2D eigenvalue weighted by Crippen LogP contribution is -2.32. The van der Waals surface area contributed by atoms with Gasteiger partial charge in [-0.15, -0.1) is 0 Å². The maximum absolute atomic E-state index is 13.2. The Balaban J connectivity index is 1.79. The van der Waals surface area contributed by atoms with Crippen LogP contribution in [0.5, 0.6) is 0 Å². The summed E-state index contributed by atoms with van der Waals surface area (Å²) in [5.74, 6) is 0.0720. The molecule has 1 amide bonds. The summed E-state index contributed by atoms with van der Waals surface area (Å²) in [7, 11) is 0. The molecule has 3 aromatic rings. The number of hydrogen-bond acceptors (Lipinski definition) is 1. The molecule has 0 radical (unpaired) electrons. The van der Waals surface area contributed by atoms with Gasteiger partial charge in [0.05, 0.1) is 6.54 Å². The maximum Gasteiger partial charge on any atom is 0.254 e. The second-order valence-corrected chi connectivity index (χ2v) is 9.18. The van der Waals surface area contributed by atoms with E-state index in [4.69, 9.17) is 11.6 Å². The molecule has 30 heavy (non-hydrogen) atoms. The van der Waals surface area contributed by atoms with Gasteiger partial charge in [-0.1, -0.05) is 69.6 Å². The molecule has 4 heteroatoms. The molecule has 0 aliphatic heterocycles. The summed E-state index contributed by atoms with van der Waals surface area (Å²) in [4.78, 5) is 15.2. The quantitative estimate of drug-likeness (QED) is 0.424. The van der Waals surface area contributed by atoms with Gasteiger partial charge in [0, 0.05) is 35.6 Å². The van der Waals surface area contributed by atoms with Crippen molar-refractivity contribution >= 4 is 17.5 Å². The number of rotatable bonds is 7. The maximum atomic E-state index is 13.2. The average molecular weight is 423 g/mol. The molecule has 0 atom stereocenters. The van der Waals surface area contributed by atoms with Gasteiger partial charge in [-0.3, -0.25) is 4.79 Å². The zero-order valence-corrected chi connectivity index (χ0v) is 19.1. The normalized spacial score (nSPS) is 11.5. The number of nitrogens with zero attached hydrogens (tertiary/aromatic N) is 2. The molecule has 158 valence electrons. The minimum Gasteiger partial charge on any atom is -0.345 e. The minimum atomic E-state index is 0.0720. The molecule has 0 aliphatic carbocycles. The van der Waals surface area contributed by atoms with Gasteiger partial charge in [-0.05, 0) is 53.3 Å². The third-order valence-electron chi connectivity index (χ3n) is 5.35. The molecule has 0 fully saturated rings. The number of aromatic nitrogens is 1. The van der Waals surface area contributed by atoms with Crippen molar-refractivity contribution in [2.45, 2.75) is 52.6 Å². The highest BCUT2D eigenvalue weighted by atomic mass is 35.5. The summed E-state index contributed by atoms with van der Waals surface area (Å²) in [5, 5.41) is 0.762. The predicted molar refractivity (Wildman–Crippen MR) is 125 cm³/mol. The van der Waals surface area contributed by atoms with Gasteiger partial charge in [0.2, 0.25) is 0 Å². The standard InChI is InChI=1S/C26H31ClN2O/c1-5-16-29(25(30)20-12-14-22(15-13-20)26(2,3)4)19-23-10-8-17-28(23)18-21-9-6-7-11-24(21)27/h6-15,17H,5,16,18-19H2,1-4H3. The molecule has 0 spiro atoms. The predicted octanol–water partition coefficient (Wildman–Crippen LogP) is 6.54. The van der Waals surface area contributed by atoms with Gasteiger partial charge >= 0.3 is 0 Å². The van der Waals surface area contributed by atoms with Crippen LogP contribution in [0.2, 0.25) is 5.02 Å². The van der Waals surface area contributed by atoms with Crippen molar-refractivity contribution < 1.29 is 4.79 Å². The van der Waals surface area contributed by atoms with Gasteiger partial charge in [0.1, 0.15) is 0 Å². The molecule has 1 aromatic heterocycles. The SMILES string of the molecule is CCCN(Cc1cccn1Cc1ccccc1Cl)C(=O)c1ccc(C(C)(C)C)cc1. The number of amides is 1. The van der Waals surface area contributed by atoms with Gasteiger partial charge in [-0.2, -0.15) is 0 Å². The number of hydrogen-bond donors (Lipinski definition) is 0. The van der Waals surface area contributed by atoms with Crippen LogP contribution < -0.4 is 0 Å².